The van der Waals surface area contributed by atoms with Crippen LogP contribution < -0.4 is 0 Å². The van der Waals surface area contributed by atoms with E-state index in [2.05, 4.69) is 25.6 Å². The van der Waals surface area contributed by atoms with Crippen molar-refractivity contribution in [3.8, 4) is 0 Å². The molecule has 7 nitrogen and oxygen atoms in total. The summed E-state index contributed by atoms with van der Waals surface area (Å²) in [6, 6.07) is 6.01. The minimum atomic E-state index is -0.450. The van der Waals surface area contributed by atoms with Crippen molar-refractivity contribution in [2.24, 2.45) is 5.92 Å². The maximum atomic E-state index is 13.9. The van der Waals surface area contributed by atoms with Crippen LogP contribution in [0.3, 0.4) is 0 Å². The van der Waals surface area contributed by atoms with Gasteiger partial charge in [0.25, 0.3) is 5.91 Å². The number of piperidine rings is 1. The first-order valence-electron chi connectivity index (χ1n) is 13.4. The Morgan fingerprint density at radius 2 is 1.76 bits per heavy atom. The number of likely N-dealkylation sites (N-methyl/N-ethyl adjacent to an activating group) is 1. The zero-order valence-electron chi connectivity index (χ0n) is 23.9. The summed E-state index contributed by atoms with van der Waals surface area (Å²) in [5, 5.41) is 0. The van der Waals surface area contributed by atoms with Crippen LogP contribution in [-0.4, -0.2) is 72.6 Å². The second kappa shape index (κ2) is 10.7. The van der Waals surface area contributed by atoms with Crippen molar-refractivity contribution >= 4 is 11.9 Å². The molecule has 1 atom stereocenters. The quantitative estimate of drug-likeness (QED) is 0.461. The number of fused-ring (bicyclic) bond motifs is 2. The molecule has 0 aliphatic carbocycles. The lowest BCUT2D eigenvalue weighted by atomic mass is 9.81. The van der Waals surface area contributed by atoms with E-state index in [4.69, 9.17) is 9.47 Å². The summed E-state index contributed by atoms with van der Waals surface area (Å²) < 4.78 is 11.0. The molecule has 38 heavy (non-hydrogen) atoms. The van der Waals surface area contributed by atoms with Crippen LogP contribution in [0.4, 0.5) is 4.79 Å². The van der Waals surface area contributed by atoms with Crippen molar-refractivity contribution in [1.82, 2.24) is 14.7 Å². The van der Waals surface area contributed by atoms with E-state index in [0.29, 0.717) is 44.8 Å². The van der Waals surface area contributed by atoms with E-state index < -0.39 is 5.54 Å². The van der Waals surface area contributed by atoms with E-state index in [9.17, 15) is 9.59 Å². The summed E-state index contributed by atoms with van der Waals surface area (Å²) in [7, 11) is 3.27. The van der Waals surface area contributed by atoms with Crippen LogP contribution in [0, 0.1) is 19.8 Å². The highest BCUT2D eigenvalue weighted by molar-refractivity contribution is 5.95. The molecule has 3 aliphatic heterocycles. The molecule has 1 spiro atoms. The van der Waals surface area contributed by atoms with Crippen LogP contribution >= 0.6 is 0 Å². The van der Waals surface area contributed by atoms with Gasteiger partial charge in [0, 0.05) is 42.4 Å². The number of allylic oxidation sites excluding steroid dienone is 3. The Balaban J connectivity index is 1.68. The van der Waals surface area contributed by atoms with Gasteiger partial charge >= 0.3 is 6.03 Å². The van der Waals surface area contributed by atoms with Crippen molar-refractivity contribution in [1.29, 1.82) is 0 Å². The molecule has 3 heterocycles. The molecule has 2 fully saturated rings. The first kappa shape index (κ1) is 27.6. The highest BCUT2D eigenvalue weighted by Crippen LogP contribution is 2.47. The second-order valence-corrected chi connectivity index (χ2v) is 10.7. The third-order valence-corrected chi connectivity index (χ3v) is 8.19. The number of amides is 3. The highest BCUT2D eigenvalue weighted by atomic mass is 16.5. The summed E-state index contributed by atoms with van der Waals surface area (Å²) in [6.45, 7) is 16.5. The van der Waals surface area contributed by atoms with Gasteiger partial charge in [0.15, 0.2) is 0 Å². The number of carbonyl (C=O) groups excluding carboxylic acids is 2. The van der Waals surface area contributed by atoms with E-state index in [0.717, 1.165) is 39.3 Å². The van der Waals surface area contributed by atoms with E-state index in [1.807, 2.05) is 60.6 Å². The van der Waals surface area contributed by atoms with Crippen molar-refractivity contribution < 1.29 is 19.1 Å². The number of rotatable bonds is 6. The molecule has 204 valence electrons. The summed E-state index contributed by atoms with van der Waals surface area (Å²) in [6.07, 6.45) is 5.58. The Morgan fingerprint density at radius 3 is 2.32 bits per heavy atom. The highest BCUT2D eigenvalue weighted by Gasteiger charge is 2.55. The zero-order valence-corrected chi connectivity index (χ0v) is 23.9. The molecule has 0 bridgehead atoms. The molecule has 1 unspecified atom stereocenters. The lowest BCUT2D eigenvalue weighted by molar-refractivity contribution is 0.0575. The van der Waals surface area contributed by atoms with Crippen LogP contribution in [0.25, 0.3) is 0 Å². The SMILES string of the molecule is C=C(OC)C1=C(C=C(C)OC)CN2C(=O)N(CC)C3(CCN(C(=O)c4cc(C)cc(C)c4)CC3)C2=CC1C. The molecule has 0 radical (unpaired) electrons. The third-order valence-electron chi connectivity index (χ3n) is 8.19. The molecule has 0 saturated carbocycles. The fraction of sp³-hybridized carbons (Fsp3) is 0.484. The molecule has 4 rings (SSSR count). The van der Waals surface area contributed by atoms with Crippen LogP contribution in [0.1, 0.15) is 55.1 Å². The minimum absolute atomic E-state index is 0.00489. The van der Waals surface area contributed by atoms with Crippen molar-refractivity contribution in [2.45, 2.75) is 53.0 Å². The molecule has 3 aliphatic rings. The summed E-state index contributed by atoms with van der Waals surface area (Å²) in [4.78, 5) is 33.1. The van der Waals surface area contributed by atoms with Crippen LogP contribution in [0.5, 0.6) is 0 Å². The number of methoxy groups -OCH3 is 2. The number of likely N-dealkylation sites (tertiary alicyclic amines) is 1. The van der Waals surface area contributed by atoms with Crippen molar-refractivity contribution in [3.05, 3.63) is 82.0 Å². The smallest absolute Gasteiger partial charge is 0.325 e. The number of carbonyl (C=O) groups is 2. The number of nitrogens with zero attached hydrogens (tertiary/aromatic N) is 3. The van der Waals surface area contributed by atoms with Gasteiger partial charge in [0.05, 0.1) is 32.1 Å². The number of ether oxygens (including phenoxy) is 2. The predicted molar refractivity (Wildman–Crippen MR) is 149 cm³/mol. The lowest BCUT2D eigenvalue weighted by Crippen LogP contribution is -2.54. The van der Waals surface area contributed by atoms with Crippen LogP contribution in [0.15, 0.2) is 65.3 Å². The largest absolute Gasteiger partial charge is 0.501 e. The summed E-state index contributed by atoms with van der Waals surface area (Å²) >= 11 is 0. The molecule has 0 N–H and O–H groups in total. The third kappa shape index (κ3) is 4.74. The summed E-state index contributed by atoms with van der Waals surface area (Å²) in [5.41, 5.74) is 5.41. The number of hydrogen-bond acceptors (Lipinski definition) is 4. The molecule has 7 heteroatoms. The monoisotopic (exact) mass is 519 g/mol. The predicted octanol–water partition coefficient (Wildman–Crippen LogP) is 5.58. The van der Waals surface area contributed by atoms with Crippen molar-refractivity contribution in [2.75, 3.05) is 40.4 Å². The van der Waals surface area contributed by atoms with Crippen molar-refractivity contribution in [3.63, 3.8) is 0 Å². The molecule has 3 amide bonds. The molecule has 1 aromatic rings. The van der Waals surface area contributed by atoms with Crippen LogP contribution in [-0.2, 0) is 9.47 Å². The Kier molecular flexibility index (Phi) is 7.77. The Labute approximate surface area is 227 Å². The van der Waals surface area contributed by atoms with E-state index in [1.165, 1.54) is 0 Å². The summed E-state index contributed by atoms with van der Waals surface area (Å²) in [5.74, 6) is 1.38. The number of urea groups is 1. The number of hydrogen-bond donors (Lipinski definition) is 0. The second-order valence-electron chi connectivity index (χ2n) is 10.7. The number of aryl methyl sites for hydroxylation is 2. The topological polar surface area (TPSA) is 62.3 Å². The van der Waals surface area contributed by atoms with Gasteiger partial charge in [-0.2, -0.15) is 0 Å². The molecule has 2 saturated heterocycles. The maximum absolute atomic E-state index is 13.9. The van der Waals surface area contributed by atoms with Gasteiger partial charge in [-0.3, -0.25) is 9.69 Å². The standard InChI is InChI=1S/C31H41N3O4/c1-9-34-30(36)33-19-26(18-23(5)37-7)28(24(6)38-8)22(4)17-27(33)31(34)10-12-32(13-11-31)29(35)25-15-20(2)14-21(3)16-25/h14-18,22H,6,9-13,19H2,1-5,7-8H3. The van der Waals surface area contributed by atoms with Gasteiger partial charge in [-0.1, -0.05) is 36.8 Å². The molecular weight excluding hydrogens is 478 g/mol. The van der Waals surface area contributed by atoms with Gasteiger partial charge in [-0.15, -0.1) is 0 Å². The average Bonchev–Trinajstić information content (AvgIpc) is 2.99. The van der Waals surface area contributed by atoms with E-state index in [-0.39, 0.29) is 17.9 Å². The first-order chi connectivity index (χ1) is 18.1. The van der Waals surface area contributed by atoms with Gasteiger partial charge in [-0.25, -0.2) is 4.79 Å². The van der Waals surface area contributed by atoms with Gasteiger partial charge in [-0.05, 0) is 64.3 Å². The maximum Gasteiger partial charge on any atom is 0.325 e. The molecule has 1 aromatic carbocycles. The Morgan fingerprint density at radius 1 is 1.13 bits per heavy atom. The van der Waals surface area contributed by atoms with Gasteiger partial charge < -0.3 is 19.3 Å². The van der Waals surface area contributed by atoms with E-state index >= 15 is 0 Å². The molecular formula is C31H41N3O4. The fourth-order valence-electron chi connectivity index (χ4n) is 6.38. The fourth-order valence-corrected chi connectivity index (χ4v) is 6.38. The van der Waals surface area contributed by atoms with Crippen LogP contribution in [0.2, 0.25) is 0 Å². The zero-order chi connectivity index (χ0) is 27.8. The molecule has 0 aromatic heterocycles. The van der Waals surface area contributed by atoms with Gasteiger partial charge in [0.2, 0.25) is 0 Å². The Bertz CT molecular complexity index is 1210. The Hall–Kier alpha value is -3.48. The minimum Gasteiger partial charge on any atom is -0.501 e. The van der Waals surface area contributed by atoms with Gasteiger partial charge in [0.1, 0.15) is 5.76 Å². The average molecular weight is 520 g/mol. The normalized spacial score (nSPS) is 21.4. The number of benzene rings is 1. The van der Waals surface area contributed by atoms with E-state index in [1.54, 1.807) is 14.2 Å². The first-order valence-corrected chi connectivity index (χ1v) is 13.4. The lowest BCUT2D eigenvalue weighted by Gasteiger charge is -2.44.